The van der Waals surface area contributed by atoms with Crippen LogP contribution in [0.5, 0.6) is 0 Å². The highest BCUT2D eigenvalue weighted by Gasteiger charge is 2.24. The van der Waals surface area contributed by atoms with E-state index in [0.29, 0.717) is 10.8 Å². The number of sulfone groups is 1. The number of pyridine rings is 1. The number of piperidine rings is 1. The average molecular weight is 348 g/mol. The molecule has 3 heterocycles. The Labute approximate surface area is 143 Å². The molecule has 0 bridgehead atoms. The van der Waals surface area contributed by atoms with Crippen LogP contribution in [0.15, 0.2) is 29.4 Å². The van der Waals surface area contributed by atoms with Crippen molar-refractivity contribution in [3.8, 4) is 0 Å². The molecule has 130 valence electrons. The first-order valence-electron chi connectivity index (χ1n) is 8.28. The van der Waals surface area contributed by atoms with E-state index < -0.39 is 9.84 Å². The van der Waals surface area contributed by atoms with E-state index in [4.69, 9.17) is 0 Å². The molecule has 0 aromatic carbocycles. The fraction of sp³-hybridized carbons (Fsp3) is 0.529. The van der Waals surface area contributed by atoms with Crippen LogP contribution in [0.4, 0.5) is 0 Å². The topological polar surface area (TPSA) is 79.0 Å². The highest BCUT2D eigenvalue weighted by atomic mass is 32.2. The van der Waals surface area contributed by atoms with Gasteiger partial charge in [-0.25, -0.2) is 8.42 Å². The standard InChI is InChI=1S/C17H24N4O2S/c1-13-5-6-15(9-18-13)12-21-7-3-4-14(11-21)8-16-17(10-19-20-16)24(2,22)23/h5-6,9-10,14H,3-4,7-8,11-12H2,1-2H3,(H,19,20). The Kier molecular flexibility index (Phi) is 5.01. The number of nitrogens with zero attached hydrogens (tertiary/aromatic N) is 3. The summed E-state index contributed by atoms with van der Waals surface area (Å²) in [5.74, 6) is 0.443. The lowest BCUT2D eigenvalue weighted by atomic mass is 9.93. The summed E-state index contributed by atoms with van der Waals surface area (Å²) in [6.45, 7) is 4.93. The summed E-state index contributed by atoms with van der Waals surface area (Å²) < 4.78 is 23.6. The molecule has 1 unspecified atom stereocenters. The van der Waals surface area contributed by atoms with Gasteiger partial charge in [0.05, 0.1) is 11.9 Å². The van der Waals surface area contributed by atoms with Crippen LogP contribution in [0.1, 0.15) is 29.8 Å². The molecule has 1 fully saturated rings. The Morgan fingerprint density at radius 1 is 1.33 bits per heavy atom. The summed E-state index contributed by atoms with van der Waals surface area (Å²) in [5, 5.41) is 6.80. The van der Waals surface area contributed by atoms with E-state index in [1.807, 2.05) is 19.2 Å². The molecule has 2 aromatic rings. The second kappa shape index (κ2) is 7.03. The first-order valence-corrected chi connectivity index (χ1v) is 10.2. The van der Waals surface area contributed by atoms with Crippen LogP contribution in [0.3, 0.4) is 0 Å². The van der Waals surface area contributed by atoms with Crippen molar-refractivity contribution in [1.82, 2.24) is 20.1 Å². The molecule has 1 saturated heterocycles. The van der Waals surface area contributed by atoms with Gasteiger partial charge in [0.1, 0.15) is 4.90 Å². The third-order valence-electron chi connectivity index (χ3n) is 4.55. The number of aryl methyl sites for hydroxylation is 1. The third-order valence-corrected chi connectivity index (χ3v) is 5.70. The Hall–Kier alpha value is -1.73. The van der Waals surface area contributed by atoms with Crippen LogP contribution in [-0.4, -0.2) is 47.8 Å². The van der Waals surface area contributed by atoms with Crippen molar-refractivity contribution in [2.75, 3.05) is 19.3 Å². The summed E-state index contributed by atoms with van der Waals surface area (Å²) in [6.07, 6.45) is 7.57. The highest BCUT2D eigenvalue weighted by Crippen LogP contribution is 2.24. The van der Waals surface area contributed by atoms with Crippen LogP contribution >= 0.6 is 0 Å². The Bertz CT molecular complexity index is 783. The molecule has 2 aromatic heterocycles. The lowest BCUT2D eigenvalue weighted by molar-refractivity contribution is 0.166. The smallest absolute Gasteiger partial charge is 0.178 e. The van der Waals surface area contributed by atoms with Crippen LogP contribution in [-0.2, 0) is 22.8 Å². The van der Waals surface area contributed by atoms with Gasteiger partial charge in [-0.05, 0) is 50.3 Å². The van der Waals surface area contributed by atoms with Gasteiger partial charge < -0.3 is 0 Å². The molecule has 24 heavy (non-hydrogen) atoms. The number of aromatic nitrogens is 3. The van der Waals surface area contributed by atoms with Crippen molar-refractivity contribution in [3.05, 3.63) is 41.5 Å². The van der Waals surface area contributed by atoms with Gasteiger partial charge in [0.2, 0.25) is 0 Å². The second-order valence-corrected chi connectivity index (χ2v) is 8.72. The third kappa shape index (κ3) is 4.21. The largest absolute Gasteiger partial charge is 0.299 e. The Morgan fingerprint density at radius 2 is 2.17 bits per heavy atom. The number of rotatable bonds is 5. The minimum Gasteiger partial charge on any atom is -0.299 e. The Balaban J connectivity index is 1.64. The zero-order valence-electron chi connectivity index (χ0n) is 14.2. The number of H-pyrrole nitrogens is 1. The van der Waals surface area contributed by atoms with Gasteiger partial charge in [-0.15, -0.1) is 0 Å². The monoisotopic (exact) mass is 348 g/mol. The van der Waals surface area contributed by atoms with Gasteiger partial charge >= 0.3 is 0 Å². The average Bonchev–Trinajstić information content (AvgIpc) is 2.98. The van der Waals surface area contributed by atoms with Gasteiger partial charge in [-0.2, -0.15) is 5.10 Å². The van der Waals surface area contributed by atoms with Gasteiger partial charge in [0.15, 0.2) is 9.84 Å². The van der Waals surface area contributed by atoms with Gasteiger partial charge in [0, 0.05) is 31.2 Å². The van der Waals surface area contributed by atoms with Crippen molar-refractivity contribution in [2.24, 2.45) is 5.92 Å². The van der Waals surface area contributed by atoms with E-state index in [-0.39, 0.29) is 0 Å². The number of hydrogen-bond acceptors (Lipinski definition) is 5. The summed E-state index contributed by atoms with van der Waals surface area (Å²) in [7, 11) is -3.22. The van der Waals surface area contributed by atoms with E-state index >= 15 is 0 Å². The second-order valence-electron chi connectivity index (χ2n) is 6.74. The SMILES string of the molecule is Cc1ccc(CN2CCCC(Cc3[nH]ncc3S(C)(=O)=O)C2)cn1. The minimum atomic E-state index is -3.22. The lowest BCUT2D eigenvalue weighted by Crippen LogP contribution is -2.36. The van der Waals surface area contributed by atoms with E-state index in [0.717, 1.165) is 50.3 Å². The van der Waals surface area contributed by atoms with Crippen molar-refractivity contribution >= 4 is 9.84 Å². The van der Waals surface area contributed by atoms with Crippen molar-refractivity contribution in [1.29, 1.82) is 0 Å². The van der Waals surface area contributed by atoms with Crippen molar-refractivity contribution in [2.45, 2.75) is 37.6 Å². The van der Waals surface area contributed by atoms with E-state index in [2.05, 4.69) is 26.1 Å². The van der Waals surface area contributed by atoms with Gasteiger partial charge in [-0.1, -0.05) is 6.07 Å². The zero-order valence-corrected chi connectivity index (χ0v) is 15.0. The predicted molar refractivity (Wildman–Crippen MR) is 92.4 cm³/mol. The fourth-order valence-electron chi connectivity index (χ4n) is 3.37. The molecule has 0 radical (unpaired) electrons. The quantitative estimate of drug-likeness (QED) is 0.894. The molecule has 7 heteroatoms. The molecule has 0 saturated carbocycles. The van der Waals surface area contributed by atoms with Crippen molar-refractivity contribution < 1.29 is 8.42 Å². The molecular weight excluding hydrogens is 324 g/mol. The lowest BCUT2D eigenvalue weighted by Gasteiger charge is -2.32. The number of nitrogens with one attached hydrogen (secondary N) is 1. The molecule has 1 aliphatic heterocycles. The first-order chi connectivity index (χ1) is 11.4. The van der Waals surface area contributed by atoms with E-state index in [1.54, 1.807) is 0 Å². The minimum absolute atomic E-state index is 0.336. The van der Waals surface area contributed by atoms with Crippen LogP contribution < -0.4 is 0 Å². The normalized spacial score (nSPS) is 19.5. The summed E-state index contributed by atoms with van der Waals surface area (Å²) in [4.78, 5) is 7.12. The Morgan fingerprint density at radius 3 is 2.88 bits per heavy atom. The van der Waals surface area contributed by atoms with Gasteiger partial charge in [-0.3, -0.25) is 15.0 Å². The molecule has 0 amide bonds. The number of hydrogen-bond donors (Lipinski definition) is 1. The highest BCUT2D eigenvalue weighted by molar-refractivity contribution is 7.90. The predicted octanol–water partition coefficient (Wildman–Crippen LogP) is 1.97. The van der Waals surface area contributed by atoms with Crippen LogP contribution in [0.2, 0.25) is 0 Å². The van der Waals surface area contributed by atoms with Crippen molar-refractivity contribution in [3.63, 3.8) is 0 Å². The number of likely N-dealkylation sites (tertiary alicyclic amines) is 1. The van der Waals surface area contributed by atoms with Gasteiger partial charge in [0.25, 0.3) is 0 Å². The maximum atomic E-state index is 11.8. The molecule has 3 rings (SSSR count). The fourth-order valence-corrected chi connectivity index (χ4v) is 4.19. The molecule has 0 aliphatic carbocycles. The maximum Gasteiger partial charge on any atom is 0.178 e. The molecule has 1 N–H and O–H groups in total. The van der Waals surface area contributed by atoms with E-state index in [9.17, 15) is 8.42 Å². The zero-order chi connectivity index (χ0) is 17.2. The van der Waals surface area contributed by atoms with E-state index in [1.165, 1.54) is 18.0 Å². The molecule has 1 atom stereocenters. The number of aromatic amines is 1. The molecular formula is C17H24N4O2S. The maximum absolute atomic E-state index is 11.8. The molecule has 1 aliphatic rings. The summed E-state index contributed by atoms with van der Waals surface area (Å²) >= 11 is 0. The van der Waals surface area contributed by atoms with Crippen LogP contribution in [0, 0.1) is 12.8 Å². The summed E-state index contributed by atoms with van der Waals surface area (Å²) in [5.41, 5.74) is 2.99. The molecule has 0 spiro atoms. The van der Waals surface area contributed by atoms with Crippen LogP contribution in [0.25, 0.3) is 0 Å². The molecule has 6 nitrogen and oxygen atoms in total. The first kappa shape index (κ1) is 17.1. The summed E-state index contributed by atoms with van der Waals surface area (Å²) in [6, 6.07) is 4.17.